The summed E-state index contributed by atoms with van der Waals surface area (Å²) in [6, 6.07) is 6.12. The molecule has 0 aromatic heterocycles. The van der Waals surface area contributed by atoms with Crippen LogP contribution in [0.25, 0.3) is 0 Å². The number of likely N-dealkylation sites (N-methyl/N-ethyl adjacent to an activating group) is 1. The van der Waals surface area contributed by atoms with E-state index in [1.54, 1.807) is 7.11 Å². The van der Waals surface area contributed by atoms with Gasteiger partial charge in [-0.15, -0.1) is 0 Å². The summed E-state index contributed by atoms with van der Waals surface area (Å²) < 4.78 is 11.0. The Balaban J connectivity index is 2.00. The minimum Gasteiger partial charge on any atom is -0.493 e. The maximum absolute atomic E-state index is 12.2. The van der Waals surface area contributed by atoms with Gasteiger partial charge in [-0.3, -0.25) is 4.79 Å². The van der Waals surface area contributed by atoms with Gasteiger partial charge in [-0.1, -0.05) is 6.07 Å². The molecule has 1 amide bonds. The van der Waals surface area contributed by atoms with E-state index in [0.29, 0.717) is 24.1 Å². The van der Waals surface area contributed by atoms with E-state index in [0.717, 1.165) is 31.4 Å². The molecule has 0 aliphatic heterocycles. The van der Waals surface area contributed by atoms with Crippen LogP contribution >= 0.6 is 0 Å². The van der Waals surface area contributed by atoms with Gasteiger partial charge in [0.15, 0.2) is 18.1 Å². The Bertz CT molecular complexity index is 486. The van der Waals surface area contributed by atoms with Gasteiger partial charge in [0.1, 0.15) is 0 Å². The lowest BCUT2D eigenvalue weighted by atomic mass is 10.1. The number of amides is 1. The van der Waals surface area contributed by atoms with Gasteiger partial charge in [0.25, 0.3) is 5.91 Å². The van der Waals surface area contributed by atoms with Gasteiger partial charge in [0.05, 0.1) is 7.11 Å². The summed E-state index contributed by atoms with van der Waals surface area (Å²) in [6.45, 7) is 3.36. The van der Waals surface area contributed by atoms with Crippen molar-refractivity contribution in [3.63, 3.8) is 0 Å². The number of rotatable bonds is 8. The molecule has 0 bridgehead atoms. The molecular weight excluding hydrogens is 268 g/mol. The van der Waals surface area contributed by atoms with Crippen molar-refractivity contribution in [2.75, 3.05) is 26.8 Å². The fourth-order valence-electron chi connectivity index (χ4n) is 2.40. The first-order valence-electron chi connectivity index (χ1n) is 7.48. The Morgan fingerprint density at radius 3 is 2.71 bits per heavy atom. The summed E-state index contributed by atoms with van der Waals surface area (Å²) in [5.41, 5.74) is 6.65. The highest BCUT2D eigenvalue weighted by Gasteiger charge is 2.31. The molecule has 1 aromatic rings. The molecule has 0 atom stereocenters. The Kier molecular flexibility index (Phi) is 5.44. The Morgan fingerprint density at radius 2 is 2.14 bits per heavy atom. The van der Waals surface area contributed by atoms with Crippen LogP contribution in [0.15, 0.2) is 18.2 Å². The molecule has 1 aliphatic rings. The number of nitrogens with two attached hydrogens (primary N) is 1. The summed E-state index contributed by atoms with van der Waals surface area (Å²) >= 11 is 0. The SMILES string of the molecule is CCN(C(=O)COc1cc(CCN)ccc1OC)C1CC1. The molecule has 0 radical (unpaired) electrons. The van der Waals surface area contributed by atoms with Gasteiger partial charge in [-0.25, -0.2) is 0 Å². The summed E-state index contributed by atoms with van der Waals surface area (Å²) in [5, 5.41) is 0. The molecule has 0 heterocycles. The number of hydrogen-bond acceptors (Lipinski definition) is 4. The largest absolute Gasteiger partial charge is 0.493 e. The van der Waals surface area contributed by atoms with E-state index in [1.165, 1.54) is 0 Å². The van der Waals surface area contributed by atoms with Crippen molar-refractivity contribution in [2.24, 2.45) is 5.73 Å². The zero-order valence-corrected chi connectivity index (χ0v) is 12.8. The van der Waals surface area contributed by atoms with Crippen LogP contribution in [0.3, 0.4) is 0 Å². The lowest BCUT2D eigenvalue weighted by molar-refractivity contribution is -0.133. The number of carbonyl (C=O) groups is 1. The summed E-state index contributed by atoms with van der Waals surface area (Å²) in [6.07, 6.45) is 2.99. The van der Waals surface area contributed by atoms with Crippen molar-refractivity contribution in [3.8, 4) is 11.5 Å². The van der Waals surface area contributed by atoms with Gasteiger partial charge in [0, 0.05) is 12.6 Å². The number of nitrogens with zero attached hydrogens (tertiary/aromatic N) is 1. The maximum atomic E-state index is 12.2. The molecule has 21 heavy (non-hydrogen) atoms. The fraction of sp³-hybridized carbons (Fsp3) is 0.562. The van der Waals surface area contributed by atoms with Gasteiger partial charge < -0.3 is 20.1 Å². The van der Waals surface area contributed by atoms with Crippen LogP contribution in [0.5, 0.6) is 11.5 Å². The third kappa shape index (κ3) is 4.11. The molecule has 1 fully saturated rings. The summed E-state index contributed by atoms with van der Waals surface area (Å²) in [4.78, 5) is 14.1. The molecule has 5 nitrogen and oxygen atoms in total. The van der Waals surface area contributed by atoms with Crippen molar-refractivity contribution in [2.45, 2.75) is 32.2 Å². The zero-order chi connectivity index (χ0) is 15.2. The molecule has 116 valence electrons. The molecule has 1 aromatic carbocycles. The Hall–Kier alpha value is -1.75. The van der Waals surface area contributed by atoms with Crippen molar-refractivity contribution >= 4 is 5.91 Å². The predicted molar refractivity (Wildman–Crippen MR) is 81.7 cm³/mol. The normalized spacial score (nSPS) is 13.9. The summed E-state index contributed by atoms with van der Waals surface area (Å²) in [5.74, 6) is 1.27. The highest BCUT2D eigenvalue weighted by Crippen LogP contribution is 2.29. The molecule has 0 spiro atoms. The van der Waals surface area contributed by atoms with Crippen LogP contribution in [0.2, 0.25) is 0 Å². The second kappa shape index (κ2) is 7.31. The second-order valence-electron chi connectivity index (χ2n) is 5.22. The predicted octanol–water partition coefficient (Wildman–Crippen LogP) is 1.59. The zero-order valence-electron chi connectivity index (χ0n) is 12.8. The van der Waals surface area contributed by atoms with Crippen LogP contribution in [0, 0.1) is 0 Å². The molecule has 2 N–H and O–H groups in total. The molecular formula is C16H24N2O3. The van der Waals surface area contributed by atoms with E-state index in [-0.39, 0.29) is 12.5 Å². The number of carbonyl (C=O) groups excluding carboxylic acids is 1. The minimum atomic E-state index is 0.0336. The van der Waals surface area contributed by atoms with Gasteiger partial charge in [-0.05, 0) is 50.4 Å². The Labute approximate surface area is 126 Å². The van der Waals surface area contributed by atoms with Crippen LogP contribution in [-0.2, 0) is 11.2 Å². The Morgan fingerprint density at radius 1 is 1.38 bits per heavy atom. The standard InChI is InChI=1S/C16H24N2O3/c1-3-18(13-5-6-13)16(19)11-21-15-10-12(8-9-17)4-7-14(15)20-2/h4,7,10,13H,3,5-6,8-9,11,17H2,1-2H3. The highest BCUT2D eigenvalue weighted by atomic mass is 16.5. The number of benzene rings is 1. The monoisotopic (exact) mass is 292 g/mol. The van der Waals surface area contributed by atoms with Crippen LogP contribution in [0.1, 0.15) is 25.3 Å². The van der Waals surface area contributed by atoms with Crippen molar-refractivity contribution < 1.29 is 14.3 Å². The van der Waals surface area contributed by atoms with Crippen LogP contribution < -0.4 is 15.2 Å². The first-order valence-corrected chi connectivity index (χ1v) is 7.48. The van der Waals surface area contributed by atoms with E-state index in [4.69, 9.17) is 15.2 Å². The fourth-order valence-corrected chi connectivity index (χ4v) is 2.40. The van der Waals surface area contributed by atoms with E-state index < -0.39 is 0 Å². The molecule has 1 aliphatic carbocycles. The van der Waals surface area contributed by atoms with Gasteiger partial charge >= 0.3 is 0 Å². The molecule has 2 rings (SSSR count). The maximum Gasteiger partial charge on any atom is 0.260 e. The quantitative estimate of drug-likeness (QED) is 0.790. The third-order valence-electron chi connectivity index (χ3n) is 3.66. The van der Waals surface area contributed by atoms with Crippen LogP contribution in [0.4, 0.5) is 0 Å². The van der Waals surface area contributed by atoms with Crippen molar-refractivity contribution in [1.82, 2.24) is 4.90 Å². The third-order valence-corrected chi connectivity index (χ3v) is 3.66. The number of hydrogen-bond donors (Lipinski definition) is 1. The van der Waals surface area contributed by atoms with Crippen molar-refractivity contribution in [3.05, 3.63) is 23.8 Å². The highest BCUT2D eigenvalue weighted by molar-refractivity contribution is 5.78. The lowest BCUT2D eigenvalue weighted by Gasteiger charge is -2.21. The van der Waals surface area contributed by atoms with Gasteiger partial charge in [-0.2, -0.15) is 0 Å². The minimum absolute atomic E-state index is 0.0336. The molecule has 1 saturated carbocycles. The van der Waals surface area contributed by atoms with E-state index in [1.807, 2.05) is 30.0 Å². The average Bonchev–Trinajstić information content (AvgIpc) is 3.31. The van der Waals surface area contributed by atoms with E-state index >= 15 is 0 Å². The number of methoxy groups -OCH3 is 1. The summed E-state index contributed by atoms with van der Waals surface area (Å²) in [7, 11) is 1.59. The molecule has 0 saturated heterocycles. The lowest BCUT2D eigenvalue weighted by Crippen LogP contribution is -2.36. The topological polar surface area (TPSA) is 64.8 Å². The van der Waals surface area contributed by atoms with Crippen molar-refractivity contribution in [1.29, 1.82) is 0 Å². The molecule has 0 unspecified atom stereocenters. The van der Waals surface area contributed by atoms with Crippen LogP contribution in [-0.4, -0.2) is 43.7 Å². The number of ether oxygens (including phenoxy) is 2. The smallest absolute Gasteiger partial charge is 0.260 e. The first-order chi connectivity index (χ1) is 10.2. The van der Waals surface area contributed by atoms with Gasteiger partial charge in [0.2, 0.25) is 0 Å². The van der Waals surface area contributed by atoms with E-state index in [2.05, 4.69) is 0 Å². The second-order valence-corrected chi connectivity index (χ2v) is 5.22. The average molecular weight is 292 g/mol. The first kappa shape index (κ1) is 15.6. The van der Waals surface area contributed by atoms with E-state index in [9.17, 15) is 4.79 Å². The molecule has 5 heteroatoms.